The first kappa shape index (κ1) is 15.2. The van der Waals surface area contributed by atoms with Crippen LogP contribution in [-0.4, -0.2) is 33.1 Å². The molecule has 0 aromatic carbocycles. The van der Waals surface area contributed by atoms with Crippen LogP contribution in [0.5, 0.6) is 0 Å². The SMILES string of the molecule is Cc1nc(-c2cc(C(=O)NCC(C)C(=O)O)n(C)c2)cs1. The summed E-state index contributed by atoms with van der Waals surface area (Å²) in [6.45, 7) is 3.58. The predicted octanol–water partition coefficient (Wildman–Crippen LogP) is 1.91. The number of carboxylic acids is 1. The van der Waals surface area contributed by atoms with E-state index in [1.54, 1.807) is 35.9 Å². The number of thiazole rings is 1. The van der Waals surface area contributed by atoms with E-state index in [2.05, 4.69) is 10.3 Å². The van der Waals surface area contributed by atoms with Gasteiger partial charge in [-0.1, -0.05) is 6.92 Å². The molecule has 0 aliphatic heterocycles. The predicted molar refractivity (Wildman–Crippen MR) is 80.4 cm³/mol. The summed E-state index contributed by atoms with van der Waals surface area (Å²) in [5.74, 6) is -1.83. The van der Waals surface area contributed by atoms with Crippen molar-refractivity contribution in [2.24, 2.45) is 13.0 Å². The lowest BCUT2D eigenvalue weighted by Gasteiger charge is -2.08. The average Bonchev–Trinajstić information content (AvgIpc) is 3.01. The molecule has 1 unspecified atom stereocenters. The minimum absolute atomic E-state index is 0.102. The molecule has 0 aliphatic carbocycles. The first-order valence-electron chi connectivity index (χ1n) is 6.48. The van der Waals surface area contributed by atoms with E-state index in [4.69, 9.17) is 5.11 Å². The van der Waals surface area contributed by atoms with Gasteiger partial charge in [0.05, 0.1) is 16.6 Å². The zero-order chi connectivity index (χ0) is 15.6. The number of carbonyl (C=O) groups excluding carboxylic acids is 1. The van der Waals surface area contributed by atoms with Crippen molar-refractivity contribution >= 4 is 23.2 Å². The van der Waals surface area contributed by atoms with Crippen molar-refractivity contribution < 1.29 is 14.7 Å². The molecular weight excluding hydrogens is 290 g/mol. The summed E-state index contributed by atoms with van der Waals surface area (Å²) in [6.07, 6.45) is 1.84. The second kappa shape index (κ2) is 6.09. The largest absolute Gasteiger partial charge is 0.481 e. The summed E-state index contributed by atoms with van der Waals surface area (Å²) in [6, 6.07) is 1.76. The molecule has 0 saturated carbocycles. The Bertz CT molecular complexity index is 675. The van der Waals surface area contributed by atoms with Crippen molar-refractivity contribution in [3.8, 4) is 11.3 Å². The van der Waals surface area contributed by atoms with E-state index in [0.717, 1.165) is 16.3 Å². The number of nitrogens with one attached hydrogen (secondary N) is 1. The van der Waals surface area contributed by atoms with Crippen LogP contribution in [0.4, 0.5) is 0 Å². The van der Waals surface area contributed by atoms with E-state index in [9.17, 15) is 9.59 Å². The van der Waals surface area contributed by atoms with Gasteiger partial charge in [0.25, 0.3) is 5.91 Å². The molecule has 7 heteroatoms. The average molecular weight is 307 g/mol. The highest BCUT2D eigenvalue weighted by Gasteiger charge is 2.16. The molecular formula is C14H17N3O3S. The van der Waals surface area contributed by atoms with Crippen molar-refractivity contribution in [3.05, 3.63) is 28.3 Å². The molecule has 2 rings (SSSR count). The fourth-order valence-corrected chi connectivity index (χ4v) is 2.47. The highest BCUT2D eigenvalue weighted by molar-refractivity contribution is 7.09. The number of amides is 1. The Kier molecular flexibility index (Phi) is 4.42. The van der Waals surface area contributed by atoms with Gasteiger partial charge in [0.1, 0.15) is 5.69 Å². The Morgan fingerprint density at radius 2 is 2.24 bits per heavy atom. The van der Waals surface area contributed by atoms with Gasteiger partial charge >= 0.3 is 5.97 Å². The van der Waals surface area contributed by atoms with Crippen molar-refractivity contribution in [3.63, 3.8) is 0 Å². The van der Waals surface area contributed by atoms with Gasteiger partial charge in [-0.25, -0.2) is 4.98 Å². The summed E-state index contributed by atoms with van der Waals surface area (Å²) in [5, 5.41) is 14.4. The van der Waals surface area contributed by atoms with Crippen LogP contribution in [-0.2, 0) is 11.8 Å². The van der Waals surface area contributed by atoms with E-state index in [0.29, 0.717) is 5.69 Å². The van der Waals surface area contributed by atoms with E-state index in [-0.39, 0.29) is 12.5 Å². The molecule has 0 aliphatic rings. The van der Waals surface area contributed by atoms with Crippen molar-refractivity contribution in [1.82, 2.24) is 14.9 Å². The van der Waals surface area contributed by atoms with Gasteiger partial charge in [0.2, 0.25) is 0 Å². The van der Waals surface area contributed by atoms with Gasteiger partial charge in [0, 0.05) is 30.7 Å². The third-order valence-electron chi connectivity index (χ3n) is 3.14. The fourth-order valence-electron chi connectivity index (χ4n) is 1.85. The fraction of sp³-hybridized carbons (Fsp3) is 0.357. The molecule has 2 aromatic rings. The smallest absolute Gasteiger partial charge is 0.308 e. The third kappa shape index (κ3) is 3.49. The molecule has 2 heterocycles. The topological polar surface area (TPSA) is 84.2 Å². The van der Waals surface area contributed by atoms with Gasteiger partial charge < -0.3 is 15.0 Å². The summed E-state index contributed by atoms with van der Waals surface area (Å²) < 4.78 is 1.71. The molecule has 6 nitrogen and oxygen atoms in total. The Morgan fingerprint density at radius 3 is 2.81 bits per heavy atom. The normalized spacial score (nSPS) is 12.1. The molecule has 0 fully saturated rings. The number of carboxylic acid groups (broad SMARTS) is 1. The lowest BCUT2D eigenvalue weighted by atomic mass is 10.2. The first-order valence-corrected chi connectivity index (χ1v) is 7.36. The number of aromatic nitrogens is 2. The molecule has 21 heavy (non-hydrogen) atoms. The lowest BCUT2D eigenvalue weighted by molar-refractivity contribution is -0.140. The molecule has 112 valence electrons. The van der Waals surface area contributed by atoms with Crippen LogP contribution in [0.15, 0.2) is 17.6 Å². The molecule has 2 aromatic heterocycles. The molecule has 0 radical (unpaired) electrons. The van der Waals surface area contributed by atoms with Gasteiger partial charge in [-0.05, 0) is 13.0 Å². The highest BCUT2D eigenvalue weighted by Crippen LogP contribution is 2.23. The summed E-state index contributed by atoms with van der Waals surface area (Å²) >= 11 is 1.55. The number of hydrogen-bond donors (Lipinski definition) is 2. The summed E-state index contributed by atoms with van der Waals surface area (Å²) in [4.78, 5) is 27.2. The second-order valence-electron chi connectivity index (χ2n) is 4.93. The van der Waals surface area contributed by atoms with Crippen molar-refractivity contribution in [2.45, 2.75) is 13.8 Å². The molecule has 0 saturated heterocycles. The second-order valence-corrected chi connectivity index (χ2v) is 5.99. The van der Waals surface area contributed by atoms with Crippen LogP contribution in [0.3, 0.4) is 0 Å². The van der Waals surface area contributed by atoms with Crippen LogP contribution in [0.1, 0.15) is 22.4 Å². The molecule has 2 N–H and O–H groups in total. The Balaban J connectivity index is 2.12. The minimum Gasteiger partial charge on any atom is -0.481 e. The Morgan fingerprint density at radius 1 is 1.52 bits per heavy atom. The first-order chi connectivity index (χ1) is 9.88. The van der Waals surface area contributed by atoms with Crippen molar-refractivity contribution in [2.75, 3.05) is 6.54 Å². The zero-order valence-electron chi connectivity index (χ0n) is 12.1. The van der Waals surface area contributed by atoms with Crippen LogP contribution in [0.2, 0.25) is 0 Å². The quantitative estimate of drug-likeness (QED) is 0.883. The molecule has 0 spiro atoms. The monoisotopic (exact) mass is 307 g/mol. The van der Waals surface area contributed by atoms with Crippen LogP contribution >= 0.6 is 11.3 Å². The maximum Gasteiger partial charge on any atom is 0.308 e. The number of nitrogens with zero attached hydrogens (tertiary/aromatic N) is 2. The van der Waals surface area contributed by atoms with Gasteiger partial charge in [-0.3, -0.25) is 9.59 Å². The number of aliphatic carboxylic acids is 1. The van der Waals surface area contributed by atoms with E-state index in [1.165, 1.54) is 0 Å². The zero-order valence-corrected chi connectivity index (χ0v) is 12.9. The van der Waals surface area contributed by atoms with Crippen LogP contribution in [0, 0.1) is 12.8 Å². The summed E-state index contributed by atoms with van der Waals surface area (Å²) in [5.41, 5.74) is 2.19. The maximum absolute atomic E-state index is 12.1. The lowest BCUT2D eigenvalue weighted by Crippen LogP contribution is -2.32. The van der Waals surface area contributed by atoms with Crippen molar-refractivity contribution in [1.29, 1.82) is 0 Å². The summed E-state index contributed by atoms with van der Waals surface area (Å²) in [7, 11) is 1.78. The van der Waals surface area contributed by atoms with Crippen LogP contribution in [0.25, 0.3) is 11.3 Å². The minimum atomic E-state index is -0.930. The Labute approximate surface area is 126 Å². The third-order valence-corrected chi connectivity index (χ3v) is 3.92. The number of carbonyl (C=O) groups is 2. The Hall–Kier alpha value is -2.15. The van der Waals surface area contributed by atoms with Gasteiger partial charge in [0.15, 0.2) is 0 Å². The number of aryl methyl sites for hydroxylation is 2. The van der Waals surface area contributed by atoms with Crippen LogP contribution < -0.4 is 5.32 Å². The van der Waals surface area contributed by atoms with Gasteiger partial charge in [-0.15, -0.1) is 11.3 Å². The van der Waals surface area contributed by atoms with E-state index in [1.807, 2.05) is 18.5 Å². The standard InChI is InChI=1S/C14H17N3O3S/c1-8(14(19)20)5-15-13(18)12-4-10(6-17(12)3)11-7-21-9(2)16-11/h4,6-8H,5H2,1-3H3,(H,15,18)(H,19,20). The number of hydrogen-bond acceptors (Lipinski definition) is 4. The molecule has 0 bridgehead atoms. The van der Waals surface area contributed by atoms with Gasteiger partial charge in [-0.2, -0.15) is 0 Å². The number of rotatable bonds is 5. The maximum atomic E-state index is 12.1. The highest BCUT2D eigenvalue weighted by atomic mass is 32.1. The van der Waals surface area contributed by atoms with E-state index < -0.39 is 11.9 Å². The molecule has 1 amide bonds. The molecule has 1 atom stereocenters. The van der Waals surface area contributed by atoms with E-state index >= 15 is 0 Å².